The number of halogens is 3. The molecule has 3 aromatic rings. The molecule has 0 saturated carbocycles. The third kappa shape index (κ3) is 3.90. The minimum atomic E-state index is -0.418. The Labute approximate surface area is 155 Å². The highest BCUT2D eigenvalue weighted by Crippen LogP contribution is 2.34. The van der Waals surface area contributed by atoms with Crippen molar-refractivity contribution in [1.82, 2.24) is 15.1 Å². The van der Waals surface area contributed by atoms with Gasteiger partial charge in [0.25, 0.3) is 0 Å². The minimum absolute atomic E-state index is 0.272. The van der Waals surface area contributed by atoms with Crippen LogP contribution in [0.4, 0.5) is 13.2 Å². The van der Waals surface area contributed by atoms with Crippen molar-refractivity contribution in [3.8, 4) is 11.1 Å². The first kappa shape index (κ1) is 17.8. The minimum Gasteiger partial charge on any atom is -0.299 e. The smallest absolute Gasteiger partial charge is 0.127 e. The monoisotopic (exact) mass is 371 g/mol. The maximum absolute atomic E-state index is 13.9. The first-order valence-electron chi connectivity index (χ1n) is 9.05. The molecule has 6 heteroatoms. The molecule has 1 aromatic heterocycles. The molecule has 0 bridgehead atoms. The van der Waals surface area contributed by atoms with Crippen LogP contribution >= 0.6 is 0 Å². The van der Waals surface area contributed by atoms with Crippen LogP contribution in [-0.4, -0.2) is 28.2 Å². The van der Waals surface area contributed by atoms with Crippen LogP contribution in [0.2, 0.25) is 0 Å². The molecule has 1 aliphatic heterocycles. The van der Waals surface area contributed by atoms with Crippen molar-refractivity contribution in [3.63, 3.8) is 0 Å². The molecule has 1 N–H and O–H groups in total. The highest BCUT2D eigenvalue weighted by atomic mass is 19.1. The van der Waals surface area contributed by atoms with Crippen molar-refractivity contribution >= 4 is 0 Å². The third-order valence-corrected chi connectivity index (χ3v) is 5.20. The maximum Gasteiger partial charge on any atom is 0.127 e. The van der Waals surface area contributed by atoms with E-state index in [-0.39, 0.29) is 17.6 Å². The summed E-state index contributed by atoms with van der Waals surface area (Å²) in [5.74, 6) is -0.787. The van der Waals surface area contributed by atoms with Crippen LogP contribution in [0.3, 0.4) is 0 Å². The second-order valence-electron chi connectivity index (χ2n) is 6.99. The standard InChI is InChI=1S/C21H20F3N3/c22-17-3-1-2-15(10-17)19-12-25-26-21(19)14-6-8-27(9-7-14)13-16-11-18(23)4-5-20(16)24/h1-5,10-12,14H,6-9,13H2,(H,25,26). The Morgan fingerprint density at radius 2 is 1.78 bits per heavy atom. The van der Waals surface area contributed by atoms with Gasteiger partial charge < -0.3 is 0 Å². The van der Waals surface area contributed by atoms with Gasteiger partial charge in [-0.1, -0.05) is 12.1 Å². The van der Waals surface area contributed by atoms with Gasteiger partial charge in [0, 0.05) is 29.3 Å². The highest BCUT2D eigenvalue weighted by Gasteiger charge is 2.25. The van der Waals surface area contributed by atoms with E-state index in [0.717, 1.165) is 48.8 Å². The Balaban J connectivity index is 1.44. The van der Waals surface area contributed by atoms with E-state index in [1.165, 1.54) is 24.3 Å². The van der Waals surface area contributed by atoms with Crippen LogP contribution in [0.15, 0.2) is 48.7 Å². The van der Waals surface area contributed by atoms with Crippen molar-refractivity contribution in [2.24, 2.45) is 0 Å². The Hall–Kier alpha value is -2.60. The summed E-state index contributed by atoms with van der Waals surface area (Å²) in [6, 6.07) is 10.1. The van der Waals surface area contributed by atoms with Crippen LogP contribution in [0.5, 0.6) is 0 Å². The number of aromatic nitrogens is 2. The molecule has 140 valence electrons. The Morgan fingerprint density at radius 3 is 2.56 bits per heavy atom. The number of nitrogens with zero attached hydrogens (tertiary/aromatic N) is 2. The van der Waals surface area contributed by atoms with Crippen LogP contribution in [0.1, 0.15) is 30.0 Å². The fourth-order valence-electron chi connectivity index (χ4n) is 3.78. The van der Waals surface area contributed by atoms with Crippen molar-refractivity contribution in [1.29, 1.82) is 0 Å². The number of hydrogen-bond acceptors (Lipinski definition) is 2. The number of piperidine rings is 1. The molecule has 0 amide bonds. The second-order valence-corrected chi connectivity index (χ2v) is 6.99. The van der Waals surface area contributed by atoms with Crippen molar-refractivity contribution in [2.45, 2.75) is 25.3 Å². The molecule has 2 aromatic carbocycles. The lowest BCUT2D eigenvalue weighted by atomic mass is 9.89. The van der Waals surface area contributed by atoms with E-state index in [1.807, 2.05) is 6.07 Å². The molecule has 1 aliphatic rings. The number of aromatic amines is 1. The number of hydrogen-bond donors (Lipinski definition) is 1. The van der Waals surface area contributed by atoms with E-state index >= 15 is 0 Å². The summed E-state index contributed by atoms with van der Waals surface area (Å²) in [4.78, 5) is 2.13. The summed E-state index contributed by atoms with van der Waals surface area (Å²) >= 11 is 0. The lowest BCUT2D eigenvalue weighted by Crippen LogP contribution is -2.33. The van der Waals surface area contributed by atoms with Gasteiger partial charge in [-0.25, -0.2) is 13.2 Å². The highest BCUT2D eigenvalue weighted by molar-refractivity contribution is 5.65. The normalized spacial score (nSPS) is 16.0. The van der Waals surface area contributed by atoms with Crippen molar-refractivity contribution in [3.05, 3.63) is 77.4 Å². The second kappa shape index (κ2) is 7.56. The van der Waals surface area contributed by atoms with Crippen molar-refractivity contribution < 1.29 is 13.2 Å². The van der Waals surface area contributed by atoms with Gasteiger partial charge in [-0.15, -0.1) is 0 Å². The molecule has 0 radical (unpaired) electrons. The fourth-order valence-corrected chi connectivity index (χ4v) is 3.78. The average molecular weight is 371 g/mol. The SMILES string of the molecule is Fc1cccc(-c2cn[nH]c2C2CCN(Cc3cc(F)ccc3F)CC2)c1. The summed E-state index contributed by atoms with van der Waals surface area (Å²) < 4.78 is 40.8. The molecule has 0 atom stereocenters. The number of rotatable bonds is 4. The Bertz CT molecular complexity index is 930. The van der Waals surface area contributed by atoms with E-state index in [1.54, 1.807) is 12.3 Å². The molecule has 0 aliphatic carbocycles. The summed E-state index contributed by atoms with van der Waals surface area (Å²) in [6.45, 7) is 1.96. The van der Waals surface area contributed by atoms with E-state index < -0.39 is 5.82 Å². The predicted molar refractivity (Wildman–Crippen MR) is 97.6 cm³/mol. The predicted octanol–water partition coefficient (Wildman–Crippen LogP) is 4.87. The first-order chi connectivity index (χ1) is 13.1. The topological polar surface area (TPSA) is 31.9 Å². The summed E-state index contributed by atoms with van der Waals surface area (Å²) in [7, 11) is 0. The molecule has 4 rings (SSSR count). The summed E-state index contributed by atoms with van der Waals surface area (Å²) in [6.07, 6.45) is 3.49. The molecular formula is C21H20F3N3. The zero-order valence-electron chi connectivity index (χ0n) is 14.8. The summed E-state index contributed by atoms with van der Waals surface area (Å²) in [5.41, 5.74) is 3.12. The van der Waals surface area contributed by atoms with Gasteiger partial charge in [0.15, 0.2) is 0 Å². The van der Waals surface area contributed by atoms with Gasteiger partial charge in [0.2, 0.25) is 0 Å². The molecule has 1 saturated heterocycles. The largest absolute Gasteiger partial charge is 0.299 e. The van der Waals surface area contributed by atoms with Gasteiger partial charge in [-0.05, 0) is 61.8 Å². The van der Waals surface area contributed by atoms with Crippen LogP contribution < -0.4 is 0 Å². The number of benzene rings is 2. The molecule has 2 heterocycles. The number of nitrogens with one attached hydrogen (secondary N) is 1. The number of likely N-dealkylation sites (tertiary alicyclic amines) is 1. The summed E-state index contributed by atoms with van der Waals surface area (Å²) in [5, 5.41) is 7.23. The zero-order chi connectivity index (χ0) is 18.8. The van der Waals surface area contributed by atoms with Gasteiger partial charge in [0.1, 0.15) is 17.5 Å². The molecule has 0 unspecified atom stereocenters. The van der Waals surface area contributed by atoms with Gasteiger partial charge in [-0.2, -0.15) is 5.10 Å². The first-order valence-corrected chi connectivity index (χ1v) is 9.05. The molecule has 1 fully saturated rings. The molecular weight excluding hydrogens is 351 g/mol. The van der Waals surface area contributed by atoms with E-state index in [9.17, 15) is 13.2 Å². The lowest BCUT2D eigenvalue weighted by molar-refractivity contribution is 0.201. The van der Waals surface area contributed by atoms with Gasteiger partial charge >= 0.3 is 0 Å². The third-order valence-electron chi connectivity index (χ3n) is 5.20. The van der Waals surface area contributed by atoms with E-state index in [2.05, 4.69) is 15.1 Å². The lowest BCUT2D eigenvalue weighted by Gasteiger charge is -2.32. The van der Waals surface area contributed by atoms with E-state index in [0.29, 0.717) is 12.1 Å². The zero-order valence-corrected chi connectivity index (χ0v) is 14.8. The molecule has 3 nitrogen and oxygen atoms in total. The quantitative estimate of drug-likeness (QED) is 0.709. The van der Waals surface area contributed by atoms with Crippen LogP contribution in [0.25, 0.3) is 11.1 Å². The van der Waals surface area contributed by atoms with Gasteiger partial charge in [-0.3, -0.25) is 10.00 Å². The Kier molecular flexibility index (Phi) is 4.99. The number of H-pyrrole nitrogens is 1. The van der Waals surface area contributed by atoms with Crippen molar-refractivity contribution in [2.75, 3.05) is 13.1 Å². The maximum atomic E-state index is 13.9. The van der Waals surface area contributed by atoms with Crippen LogP contribution in [0, 0.1) is 17.5 Å². The Morgan fingerprint density at radius 1 is 1.00 bits per heavy atom. The molecule has 0 spiro atoms. The fraction of sp³-hybridized carbons (Fsp3) is 0.286. The molecule has 27 heavy (non-hydrogen) atoms. The van der Waals surface area contributed by atoms with Gasteiger partial charge in [0.05, 0.1) is 6.20 Å². The average Bonchev–Trinajstić information content (AvgIpc) is 3.15. The van der Waals surface area contributed by atoms with Crippen LogP contribution in [-0.2, 0) is 6.54 Å². The van der Waals surface area contributed by atoms with E-state index in [4.69, 9.17) is 0 Å².